The molecule has 8 nitrogen and oxygen atoms in total. The van der Waals surface area contributed by atoms with Crippen molar-refractivity contribution in [2.75, 3.05) is 17.1 Å². The Morgan fingerprint density at radius 1 is 0.809 bits per heavy atom. The van der Waals surface area contributed by atoms with E-state index in [0.717, 1.165) is 59.4 Å². The second kappa shape index (κ2) is 15.8. The van der Waals surface area contributed by atoms with Crippen LogP contribution < -0.4 is 14.4 Å². The fraction of sp³-hybridized carbons (Fsp3) is 0.316. The van der Waals surface area contributed by atoms with Crippen molar-refractivity contribution >= 4 is 27.5 Å². The molecule has 0 aliphatic heterocycles. The molecule has 2 amide bonds. The molecule has 1 fully saturated rings. The van der Waals surface area contributed by atoms with E-state index >= 15 is 0 Å². The van der Waals surface area contributed by atoms with E-state index in [4.69, 9.17) is 4.74 Å². The summed E-state index contributed by atoms with van der Waals surface area (Å²) >= 11 is 0. The Kier molecular flexibility index (Phi) is 11.3. The minimum atomic E-state index is -3.88. The van der Waals surface area contributed by atoms with Crippen LogP contribution >= 0.6 is 0 Å². The fourth-order valence-electron chi connectivity index (χ4n) is 6.02. The topological polar surface area (TPSA) is 96.0 Å². The molecule has 4 aromatic rings. The van der Waals surface area contributed by atoms with Gasteiger partial charge in [-0.3, -0.25) is 13.9 Å². The first-order valence-electron chi connectivity index (χ1n) is 16.2. The number of benzene rings is 4. The van der Waals surface area contributed by atoms with E-state index in [1.807, 2.05) is 91.9 Å². The Hall–Kier alpha value is -4.63. The molecule has 0 aromatic heterocycles. The maximum atomic E-state index is 14.4. The maximum absolute atomic E-state index is 14.4. The maximum Gasteiger partial charge on any atom is 0.244 e. The average Bonchev–Trinajstić information content (AvgIpc) is 3.06. The Morgan fingerprint density at radius 3 is 2.06 bits per heavy atom. The van der Waals surface area contributed by atoms with Crippen LogP contribution in [0.5, 0.6) is 11.5 Å². The van der Waals surface area contributed by atoms with Crippen LogP contribution in [-0.2, 0) is 32.6 Å². The van der Waals surface area contributed by atoms with Crippen molar-refractivity contribution in [3.05, 3.63) is 126 Å². The van der Waals surface area contributed by atoms with Crippen LogP contribution in [0.4, 0.5) is 5.69 Å². The van der Waals surface area contributed by atoms with Crippen LogP contribution in [0.3, 0.4) is 0 Å². The molecule has 9 heteroatoms. The third-order valence-electron chi connectivity index (χ3n) is 8.44. The van der Waals surface area contributed by atoms with Crippen LogP contribution in [0, 0.1) is 6.92 Å². The predicted octanol–water partition coefficient (Wildman–Crippen LogP) is 6.64. The number of anilines is 1. The fourth-order valence-corrected chi connectivity index (χ4v) is 6.87. The number of aryl methyl sites for hydroxylation is 1. The molecule has 4 aromatic carbocycles. The first-order valence-corrected chi connectivity index (χ1v) is 18.0. The minimum Gasteiger partial charge on any atom is -0.457 e. The molecule has 246 valence electrons. The number of para-hydroxylation sites is 1. The third kappa shape index (κ3) is 9.68. The van der Waals surface area contributed by atoms with Gasteiger partial charge in [0.05, 0.1) is 11.9 Å². The SMILES string of the molecule is Cc1cccc(CN(C(=O)CN(c2ccc(Oc3ccccc3)cc2)S(C)(=O)=O)[C@@H](Cc2ccccc2)C(=O)NC2CCCCC2)c1. The minimum absolute atomic E-state index is 0.0505. The molecule has 0 bridgehead atoms. The molecule has 0 heterocycles. The summed E-state index contributed by atoms with van der Waals surface area (Å²) in [6.45, 7) is 1.66. The van der Waals surface area contributed by atoms with Crippen LogP contribution in [0.15, 0.2) is 109 Å². The summed E-state index contributed by atoms with van der Waals surface area (Å²) in [7, 11) is -3.88. The summed E-state index contributed by atoms with van der Waals surface area (Å²) in [5.41, 5.74) is 3.11. The molecular formula is C38H43N3O5S. The number of hydrogen-bond acceptors (Lipinski definition) is 5. The van der Waals surface area contributed by atoms with E-state index in [0.29, 0.717) is 23.6 Å². The number of amides is 2. The van der Waals surface area contributed by atoms with E-state index in [2.05, 4.69) is 5.32 Å². The molecule has 1 saturated carbocycles. The number of carbonyl (C=O) groups is 2. The van der Waals surface area contributed by atoms with Crippen LogP contribution in [0.25, 0.3) is 0 Å². The van der Waals surface area contributed by atoms with Gasteiger partial charge >= 0.3 is 0 Å². The first-order chi connectivity index (χ1) is 22.7. The van der Waals surface area contributed by atoms with Crippen molar-refractivity contribution in [2.24, 2.45) is 0 Å². The molecule has 1 aliphatic carbocycles. The summed E-state index contributed by atoms with van der Waals surface area (Å²) in [5, 5.41) is 3.23. The number of hydrogen-bond donors (Lipinski definition) is 1. The highest BCUT2D eigenvalue weighted by atomic mass is 32.2. The van der Waals surface area contributed by atoms with Crippen LogP contribution in [0.1, 0.15) is 48.8 Å². The van der Waals surface area contributed by atoms with Crippen molar-refractivity contribution in [3.63, 3.8) is 0 Å². The second-order valence-electron chi connectivity index (χ2n) is 12.2. The van der Waals surface area contributed by atoms with Gasteiger partial charge in [0, 0.05) is 19.0 Å². The first kappa shape index (κ1) is 33.7. The Labute approximate surface area is 278 Å². The highest BCUT2D eigenvalue weighted by Gasteiger charge is 2.34. The van der Waals surface area contributed by atoms with E-state index in [-0.39, 0.29) is 18.5 Å². The lowest BCUT2D eigenvalue weighted by Crippen LogP contribution is -2.55. The van der Waals surface area contributed by atoms with Gasteiger partial charge in [0.15, 0.2) is 0 Å². The molecule has 1 atom stereocenters. The van der Waals surface area contributed by atoms with Gasteiger partial charge in [-0.05, 0) is 67.3 Å². The summed E-state index contributed by atoms with van der Waals surface area (Å²) in [6.07, 6.45) is 6.44. The number of sulfonamides is 1. The molecule has 1 aliphatic rings. The molecule has 47 heavy (non-hydrogen) atoms. The van der Waals surface area contributed by atoms with Crippen LogP contribution in [0.2, 0.25) is 0 Å². The molecular weight excluding hydrogens is 611 g/mol. The molecule has 0 spiro atoms. The third-order valence-corrected chi connectivity index (χ3v) is 9.58. The van der Waals surface area contributed by atoms with E-state index in [1.165, 1.54) is 0 Å². The van der Waals surface area contributed by atoms with Gasteiger partial charge < -0.3 is 15.0 Å². The zero-order valence-electron chi connectivity index (χ0n) is 27.0. The van der Waals surface area contributed by atoms with Gasteiger partial charge in [0.25, 0.3) is 0 Å². The number of nitrogens with one attached hydrogen (secondary N) is 1. The largest absolute Gasteiger partial charge is 0.457 e. The van der Waals surface area contributed by atoms with E-state index < -0.39 is 28.5 Å². The zero-order chi connectivity index (χ0) is 33.2. The van der Waals surface area contributed by atoms with Gasteiger partial charge in [-0.2, -0.15) is 0 Å². The summed E-state index contributed by atoms with van der Waals surface area (Å²) < 4.78 is 33.3. The average molecular weight is 654 g/mol. The Bertz CT molecular complexity index is 1720. The molecule has 0 saturated heterocycles. The monoisotopic (exact) mass is 653 g/mol. The molecule has 1 N–H and O–H groups in total. The van der Waals surface area contributed by atoms with Crippen molar-refractivity contribution < 1.29 is 22.7 Å². The summed E-state index contributed by atoms with van der Waals surface area (Å²) in [4.78, 5) is 30.1. The highest BCUT2D eigenvalue weighted by molar-refractivity contribution is 7.92. The highest BCUT2D eigenvalue weighted by Crippen LogP contribution is 2.26. The standard InChI is InChI=1S/C38H43N3O5S/c1-29-13-12-16-31(25-29)27-40(36(26-30-14-6-3-7-15-30)38(43)39-32-17-8-4-9-18-32)37(42)28-41(47(2,44)45)33-21-23-35(24-22-33)46-34-19-10-5-11-20-34/h3,5-7,10-16,19-25,32,36H,4,8-9,17-18,26-28H2,1-2H3,(H,39,43)/t36-/m0/s1. The number of rotatable bonds is 13. The lowest BCUT2D eigenvalue weighted by Gasteiger charge is -2.35. The van der Waals surface area contributed by atoms with Gasteiger partial charge in [0.2, 0.25) is 21.8 Å². The van der Waals surface area contributed by atoms with Crippen molar-refractivity contribution in [1.29, 1.82) is 0 Å². The normalized spacial score (nSPS) is 14.2. The Morgan fingerprint density at radius 2 is 1.43 bits per heavy atom. The van der Waals surface area contributed by atoms with E-state index in [9.17, 15) is 18.0 Å². The number of ether oxygens (including phenoxy) is 1. The lowest BCUT2D eigenvalue weighted by atomic mass is 9.94. The van der Waals surface area contributed by atoms with Gasteiger partial charge in [-0.25, -0.2) is 8.42 Å². The van der Waals surface area contributed by atoms with Crippen molar-refractivity contribution in [3.8, 4) is 11.5 Å². The predicted molar refractivity (Wildman–Crippen MR) is 186 cm³/mol. The Balaban J connectivity index is 1.46. The zero-order valence-corrected chi connectivity index (χ0v) is 27.9. The summed E-state index contributed by atoms with van der Waals surface area (Å²) in [6, 6.07) is 32.5. The second-order valence-corrected chi connectivity index (χ2v) is 14.1. The molecule has 0 radical (unpaired) electrons. The quantitative estimate of drug-likeness (QED) is 0.175. The van der Waals surface area contributed by atoms with E-state index in [1.54, 1.807) is 29.2 Å². The van der Waals surface area contributed by atoms with Crippen molar-refractivity contribution in [2.45, 2.75) is 64.1 Å². The van der Waals surface area contributed by atoms with Crippen LogP contribution in [-0.4, -0.2) is 50.0 Å². The van der Waals surface area contributed by atoms with Crippen molar-refractivity contribution in [1.82, 2.24) is 10.2 Å². The summed E-state index contributed by atoms with van der Waals surface area (Å²) in [5.74, 6) is 0.484. The van der Waals surface area contributed by atoms with Gasteiger partial charge in [-0.15, -0.1) is 0 Å². The smallest absolute Gasteiger partial charge is 0.244 e. The van der Waals surface area contributed by atoms with Gasteiger partial charge in [0.1, 0.15) is 24.1 Å². The van der Waals surface area contributed by atoms with Gasteiger partial charge in [-0.1, -0.05) is 97.6 Å². The number of carbonyl (C=O) groups excluding carboxylic acids is 2. The number of nitrogens with zero attached hydrogens (tertiary/aromatic N) is 2. The molecule has 0 unspecified atom stereocenters. The lowest BCUT2D eigenvalue weighted by molar-refractivity contribution is -0.140. The molecule has 5 rings (SSSR count).